The summed E-state index contributed by atoms with van der Waals surface area (Å²) in [5.74, 6) is -0.0247. The zero-order valence-corrected chi connectivity index (χ0v) is 13.3. The van der Waals surface area contributed by atoms with Crippen LogP contribution in [-0.4, -0.2) is 21.8 Å². The van der Waals surface area contributed by atoms with Gasteiger partial charge in [-0.2, -0.15) is 0 Å². The molecule has 0 unspecified atom stereocenters. The third-order valence-electron chi connectivity index (χ3n) is 3.43. The topological polar surface area (TPSA) is 97.1 Å². The molecule has 0 aliphatic carbocycles. The number of furan rings is 1. The molecular formula is C18H16N4O3. The Morgan fingerprint density at radius 1 is 1.00 bits per heavy atom. The van der Waals surface area contributed by atoms with E-state index in [9.17, 15) is 9.59 Å². The Morgan fingerprint density at radius 2 is 1.88 bits per heavy atom. The third kappa shape index (κ3) is 4.51. The molecule has 0 atom stereocenters. The van der Waals surface area contributed by atoms with E-state index < -0.39 is 0 Å². The molecule has 0 saturated heterocycles. The lowest BCUT2D eigenvalue weighted by Gasteiger charge is -2.07. The number of rotatable bonds is 6. The summed E-state index contributed by atoms with van der Waals surface area (Å²) in [6.07, 6.45) is 6.32. The summed E-state index contributed by atoms with van der Waals surface area (Å²) in [6.45, 7) is 0.611. The average Bonchev–Trinajstić information content (AvgIpc) is 3.18. The molecule has 3 aromatic heterocycles. The fraction of sp³-hybridized carbons (Fsp3) is 0.111. The monoisotopic (exact) mass is 336 g/mol. The highest BCUT2D eigenvalue weighted by atomic mass is 16.3. The second-order valence-electron chi connectivity index (χ2n) is 5.24. The normalized spacial score (nSPS) is 10.2. The average molecular weight is 336 g/mol. The molecule has 0 aliphatic rings. The van der Waals surface area contributed by atoms with E-state index in [-0.39, 0.29) is 24.1 Å². The smallest absolute Gasteiger partial charge is 0.270 e. The van der Waals surface area contributed by atoms with Crippen LogP contribution in [-0.2, 0) is 13.1 Å². The summed E-state index contributed by atoms with van der Waals surface area (Å²) in [7, 11) is 0. The summed E-state index contributed by atoms with van der Waals surface area (Å²) >= 11 is 0. The summed E-state index contributed by atoms with van der Waals surface area (Å²) in [5, 5.41) is 5.47. The number of hydrogen-bond acceptors (Lipinski definition) is 5. The molecule has 0 spiro atoms. The number of nitrogens with zero attached hydrogens (tertiary/aromatic N) is 2. The Balaban J connectivity index is 1.60. The second-order valence-corrected chi connectivity index (χ2v) is 5.24. The molecule has 7 heteroatoms. The van der Waals surface area contributed by atoms with Crippen LogP contribution in [0.1, 0.15) is 32.2 Å². The van der Waals surface area contributed by atoms with Gasteiger partial charge in [-0.15, -0.1) is 0 Å². The van der Waals surface area contributed by atoms with Crippen molar-refractivity contribution in [1.29, 1.82) is 0 Å². The Hall–Kier alpha value is -3.48. The van der Waals surface area contributed by atoms with E-state index >= 15 is 0 Å². The highest BCUT2D eigenvalue weighted by Crippen LogP contribution is 2.05. The van der Waals surface area contributed by atoms with E-state index in [4.69, 9.17) is 4.42 Å². The van der Waals surface area contributed by atoms with Crippen LogP contribution in [0.4, 0.5) is 0 Å². The minimum atomic E-state index is -0.377. The molecule has 25 heavy (non-hydrogen) atoms. The van der Waals surface area contributed by atoms with Crippen LogP contribution in [0, 0.1) is 0 Å². The molecule has 3 aromatic rings. The second kappa shape index (κ2) is 7.87. The Morgan fingerprint density at radius 3 is 2.64 bits per heavy atom. The van der Waals surface area contributed by atoms with Gasteiger partial charge in [0.15, 0.2) is 0 Å². The standard InChI is InChI=1S/C18H16N4O3/c23-17(21-11-13-3-1-6-19-10-13)14-5-7-20-16(9-14)18(24)22-12-15-4-2-8-25-15/h1-10H,11-12H2,(H,21,23)(H,22,24). The van der Waals surface area contributed by atoms with Crippen LogP contribution in [0.5, 0.6) is 0 Å². The van der Waals surface area contributed by atoms with Crippen molar-refractivity contribution in [1.82, 2.24) is 20.6 Å². The Labute approximate surface area is 144 Å². The number of aromatic nitrogens is 2. The SMILES string of the molecule is O=C(NCc1cccnc1)c1ccnc(C(=O)NCc2ccco2)c1. The maximum absolute atomic E-state index is 12.2. The van der Waals surface area contributed by atoms with Crippen LogP contribution >= 0.6 is 0 Å². The van der Waals surface area contributed by atoms with Crippen LogP contribution in [0.3, 0.4) is 0 Å². The van der Waals surface area contributed by atoms with Crippen molar-refractivity contribution >= 4 is 11.8 Å². The molecule has 0 radical (unpaired) electrons. The highest BCUT2D eigenvalue weighted by molar-refractivity contribution is 5.98. The Bertz CT molecular complexity index is 848. The van der Waals surface area contributed by atoms with Crippen molar-refractivity contribution in [3.63, 3.8) is 0 Å². The molecule has 2 N–H and O–H groups in total. The largest absolute Gasteiger partial charge is 0.467 e. The third-order valence-corrected chi connectivity index (χ3v) is 3.43. The van der Waals surface area contributed by atoms with Crippen LogP contribution in [0.25, 0.3) is 0 Å². The first-order valence-electron chi connectivity index (χ1n) is 7.66. The van der Waals surface area contributed by atoms with Crippen LogP contribution in [0.2, 0.25) is 0 Å². The van der Waals surface area contributed by atoms with E-state index in [0.29, 0.717) is 17.9 Å². The molecule has 126 valence electrons. The van der Waals surface area contributed by atoms with Gasteiger partial charge in [0, 0.05) is 30.7 Å². The van der Waals surface area contributed by atoms with Gasteiger partial charge in [0.25, 0.3) is 11.8 Å². The molecule has 0 fully saturated rings. The molecule has 0 saturated carbocycles. The molecule has 0 aromatic carbocycles. The van der Waals surface area contributed by atoms with Crippen molar-refractivity contribution in [3.8, 4) is 0 Å². The van der Waals surface area contributed by atoms with Crippen molar-refractivity contribution in [2.75, 3.05) is 0 Å². The molecule has 2 amide bonds. The number of amides is 2. The fourth-order valence-electron chi connectivity index (χ4n) is 2.15. The lowest BCUT2D eigenvalue weighted by atomic mass is 10.2. The number of carbonyl (C=O) groups is 2. The molecule has 0 aliphatic heterocycles. The summed E-state index contributed by atoms with van der Waals surface area (Å²) in [4.78, 5) is 32.4. The van der Waals surface area contributed by atoms with Gasteiger partial charge in [-0.05, 0) is 35.9 Å². The lowest BCUT2D eigenvalue weighted by molar-refractivity contribution is 0.0943. The van der Waals surface area contributed by atoms with E-state index in [0.717, 1.165) is 5.56 Å². The van der Waals surface area contributed by atoms with Crippen LogP contribution in [0.15, 0.2) is 65.7 Å². The predicted molar refractivity (Wildman–Crippen MR) is 89.5 cm³/mol. The number of hydrogen-bond donors (Lipinski definition) is 2. The quantitative estimate of drug-likeness (QED) is 0.717. The lowest BCUT2D eigenvalue weighted by Crippen LogP contribution is -2.26. The zero-order chi connectivity index (χ0) is 17.5. The van der Waals surface area contributed by atoms with Crippen molar-refractivity contribution in [3.05, 3.63) is 83.8 Å². The van der Waals surface area contributed by atoms with Crippen LogP contribution < -0.4 is 10.6 Å². The minimum Gasteiger partial charge on any atom is -0.467 e. The molecule has 3 heterocycles. The van der Waals surface area contributed by atoms with Gasteiger partial charge < -0.3 is 15.1 Å². The first kappa shape index (κ1) is 16.4. The number of carbonyl (C=O) groups excluding carboxylic acids is 2. The van der Waals surface area contributed by atoms with E-state index in [1.54, 1.807) is 36.7 Å². The maximum Gasteiger partial charge on any atom is 0.270 e. The van der Waals surface area contributed by atoms with Gasteiger partial charge in [0.1, 0.15) is 11.5 Å². The van der Waals surface area contributed by atoms with Gasteiger partial charge in [-0.25, -0.2) is 0 Å². The highest BCUT2D eigenvalue weighted by Gasteiger charge is 2.12. The molecule has 0 bridgehead atoms. The molecule has 3 rings (SSSR count). The first-order valence-corrected chi connectivity index (χ1v) is 7.66. The summed E-state index contributed by atoms with van der Waals surface area (Å²) in [6, 6.07) is 10.2. The van der Waals surface area contributed by atoms with Gasteiger partial charge in [-0.3, -0.25) is 19.6 Å². The van der Waals surface area contributed by atoms with Crippen molar-refractivity contribution in [2.45, 2.75) is 13.1 Å². The summed E-state index contributed by atoms with van der Waals surface area (Å²) < 4.78 is 5.15. The predicted octanol–water partition coefficient (Wildman–Crippen LogP) is 1.93. The van der Waals surface area contributed by atoms with Crippen molar-refractivity contribution < 1.29 is 14.0 Å². The van der Waals surface area contributed by atoms with Gasteiger partial charge in [-0.1, -0.05) is 6.07 Å². The van der Waals surface area contributed by atoms with Gasteiger partial charge >= 0.3 is 0 Å². The summed E-state index contributed by atoms with van der Waals surface area (Å²) in [5.41, 5.74) is 1.42. The van der Waals surface area contributed by atoms with E-state index in [1.165, 1.54) is 18.5 Å². The van der Waals surface area contributed by atoms with E-state index in [2.05, 4.69) is 20.6 Å². The van der Waals surface area contributed by atoms with Gasteiger partial charge in [0.2, 0.25) is 0 Å². The zero-order valence-electron chi connectivity index (χ0n) is 13.3. The molecule has 7 nitrogen and oxygen atoms in total. The fourth-order valence-corrected chi connectivity index (χ4v) is 2.15. The maximum atomic E-state index is 12.2. The molecular weight excluding hydrogens is 320 g/mol. The first-order chi connectivity index (χ1) is 12.2. The minimum absolute atomic E-state index is 0.167. The number of nitrogens with one attached hydrogen (secondary N) is 2. The Kier molecular flexibility index (Phi) is 5.16. The van der Waals surface area contributed by atoms with E-state index in [1.807, 2.05) is 6.07 Å². The number of pyridine rings is 2. The van der Waals surface area contributed by atoms with Gasteiger partial charge in [0.05, 0.1) is 12.8 Å². The van der Waals surface area contributed by atoms with Crippen molar-refractivity contribution in [2.24, 2.45) is 0 Å².